The number of benzene rings is 1. The number of hydrogen-bond donors (Lipinski definition) is 0. The number of methoxy groups -OCH3 is 1. The van der Waals surface area contributed by atoms with Gasteiger partial charge in [-0.2, -0.15) is 0 Å². The van der Waals surface area contributed by atoms with E-state index in [4.69, 9.17) is 4.74 Å². The molecule has 3 nitrogen and oxygen atoms in total. The van der Waals surface area contributed by atoms with Gasteiger partial charge in [0.1, 0.15) is 5.75 Å². The monoisotopic (exact) mass is 272 g/mol. The smallest absolute Gasteiger partial charge is 0.346 e. The fourth-order valence-corrected chi connectivity index (χ4v) is 1.63. The van der Waals surface area contributed by atoms with E-state index in [2.05, 4.69) is 20.7 Å². The molecule has 0 saturated heterocycles. The van der Waals surface area contributed by atoms with Crippen LogP contribution in [0.4, 0.5) is 0 Å². The minimum atomic E-state index is -0.588. The summed E-state index contributed by atoms with van der Waals surface area (Å²) in [7, 11) is 1.34. The summed E-state index contributed by atoms with van der Waals surface area (Å²) in [6.45, 7) is 3.58. The molecule has 0 amide bonds. The summed E-state index contributed by atoms with van der Waals surface area (Å²) in [5.41, 5.74) is 0.972. The maximum absolute atomic E-state index is 11.1. The number of halogens is 1. The maximum Gasteiger partial charge on any atom is 0.346 e. The van der Waals surface area contributed by atoms with Crippen LogP contribution in [0.1, 0.15) is 12.5 Å². The third kappa shape index (κ3) is 3.23. The first-order chi connectivity index (χ1) is 7.04. The molecule has 0 aliphatic rings. The van der Waals surface area contributed by atoms with Crippen molar-refractivity contribution in [3.8, 4) is 5.75 Å². The zero-order chi connectivity index (χ0) is 11.4. The third-order valence-corrected chi connectivity index (χ3v) is 2.47. The average Bonchev–Trinajstić information content (AvgIpc) is 2.20. The minimum absolute atomic E-state index is 0.377. The molecule has 0 radical (unpaired) electrons. The first-order valence-electron chi connectivity index (χ1n) is 4.55. The normalized spacial score (nSPS) is 12.0. The second-order valence-corrected chi connectivity index (χ2v) is 4.11. The van der Waals surface area contributed by atoms with Gasteiger partial charge in [0.15, 0.2) is 6.10 Å². The summed E-state index contributed by atoms with van der Waals surface area (Å²) >= 11 is 3.36. The van der Waals surface area contributed by atoms with E-state index in [9.17, 15) is 4.79 Å². The Kier molecular flexibility index (Phi) is 4.15. The number of ether oxygens (including phenoxy) is 2. The van der Waals surface area contributed by atoms with Gasteiger partial charge in [0, 0.05) is 4.47 Å². The van der Waals surface area contributed by atoms with Gasteiger partial charge in [-0.05, 0) is 37.6 Å². The van der Waals surface area contributed by atoms with Crippen LogP contribution >= 0.6 is 15.9 Å². The van der Waals surface area contributed by atoms with Crippen LogP contribution in [0.25, 0.3) is 0 Å². The third-order valence-electron chi connectivity index (χ3n) is 1.97. The van der Waals surface area contributed by atoms with E-state index in [1.165, 1.54) is 7.11 Å². The molecule has 15 heavy (non-hydrogen) atoms. The number of hydrogen-bond acceptors (Lipinski definition) is 3. The summed E-state index contributed by atoms with van der Waals surface area (Å²) in [5, 5.41) is 0. The van der Waals surface area contributed by atoms with E-state index in [-0.39, 0.29) is 5.97 Å². The molecular weight excluding hydrogens is 260 g/mol. The van der Waals surface area contributed by atoms with Crippen molar-refractivity contribution in [3.63, 3.8) is 0 Å². The summed E-state index contributed by atoms with van der Waals surface area (Å²) in [5.74, 6) is 0.313. The lowest BCUT2D eigenvalue weighted by molar-refractivity contribution is -0.147. The number of aryl methyl sites for hydroxylation is 1. The molecule has 0 aliphatic carbocycles. The van der Waals surface area contributed by atoms with Gasteiger partial charge in [-0.3, -0.25) is 0 Å². The van der Waals surface area contributed by atoms with E-state index in [1.807, 2.05) is 25.1 Å². The molecule has 0 saturated carbocycles. The van der Waals surface area contributed by atoms with E-state index in [0.29, 0.717) is 5.75 Å². The highest BCUT2D eigenvalue weighted by Gasteiger charge is 2.15. The van der Waals surface area contributed by atoms with Gasteiger partial charge in [-0.1, -0.05) is 15.9 Å². The largest absolute Gasteiger partial charge is 0.479 e. The van der Waals surface area contributed by atoms with Crippen molar-refractivity contribution in [2.24, 2.45) is 0 Å². The van der Waals surface area contributed by atoms with E-state index >= 15 is 0 Å². The van der Waals surface area contributed by atoms with Crippen LogP contribution < -0.4 is 4.74 Å². The first kappa shape index (κ1) is 12.0. The molecule has 0 heterocycles. The van der Waals surface area contributed by atoms with Crippen molar-refractivity contribution in [2.45, 2.75) is 20.0 Å². The fourth-order valence-electron chi connectivity index (χ4n) is 1.15. The molecule has 0 N–H and O–H groups in total. The standard InChI is InChI=1S/C11H13BrO3/c1-7-6-9(12)4-5-10(7)15-8(2)11(13)14-3/h4-6,8H,1-3H3/t8-/m0/s1. The Bertz CT molecular complexity index is 363. The lowest BCUT2D eigenvalue weighted by Crippen LogP contribution is -2.25. The highest BCUT2D eigenvalue weighted by Crippen LogP contribution is 2.23. The highest BCUT2D eigenvalue weighted by atomic mass is 79.9. The van der Waals surface area contributed by atoms with Crippen molar-refractivity contribution in [1.82, 2.24) is 0 Å². The van der Waals surface area contributed by atoms with Crippen LogP contribution in [0.5, 0.6) is 5.75 Å². The molecule has 1 aromatic rings. The zero-order valence-electron chi connectivity index (χ0n) is 8.91. The number of carbonyl (C=O) groups excluding carboxylic acids is 1. The second kappa shape index (κ2) is 5.16. The molecule has 1 atom stereocenters. The Hall–Kier alpha value is -1.03. The summed E-state index contributed by atoms with van der Waals surface area (Å²) in [6, 6.07) is 5.62. The molecule has 4 heteroatoms. The molecule has 0 aliphatic heterocycles. The van der Waals surface area contributed by atoms with Gasteiger partial charge < -0.3 is 9.47 Å². The Balaban J connectivity index is 2.76. The topological polar surface area (TPSA) is 35.5 Å². The molecule has 0 bridgehead atoms. The molecule has 0 aromatic heterocycles. The predicted octanol–water partition coefficient (Wildman–Crippen LogP) is 2.70. The number of esters is 1. The van der Waals surface area contributed by atoms with Crippen LogP contribution in [0.2, 0.25) is 0 Å². The Labute approximate surface area is 97.5 Å². The number of rotatable bonds is 3. The van der Waals surface area contributed by atoms with Crippen LogP contribution in [0.3, 0.4) is 0 Å². The van der Waals surface area contributed by atoms with E-state index in [1.54, 1.807) is 6.92 Å². The molecule has 0 unspecified atom stereocenters. The predicted molar refractivity (Wildman–Crippen MR) is 61.0 cm³/mol. The molecular formula is C11H13BrO3. The molecule has 82 valence electrons. The van der Waals surface area contributed by atoms with Crippen molar-refractivity contribution in [3.05, 3.63) is 28.2 Å². The van der Waals surface area contributed by atoms with E-state index < -0.39 is 6.10 Å². The fraction of sp³-hybridized carbons (Fsp3) is 0.364. The summed E-state index contributed by atoms with van der Waals surface area (Å²) in [4.78, 5) is 11.1. The minimum Gasteiger partial charge on any atom is -0.479 e. The highest BCUT2D eigenvalue weighted by molar-refractivity contribution is 9.10. The lowest BCUT2D eigenvalue weighted by atomic mass is 10.2. The van der Waals surface area contributed by atoms with Gasteiger partial charge >= 0.3 is 5.97 Å². The first-order valence-corrected chi connectivity index (χ1v) is 5.34. The number of carbonyl (C=O) groups is 1. The van der Waals surface area contributed by atoms with Gasteiger partial charge in [-0.15, -0.1) is 0 Å². The van der Waals surface area contributed by atoms with Crippen LogP contribution in [-0.4, -0.2) is 19.2 Å². The maximum atomic E-state index is 11.1. The van der Waals surface area contributed by atoms with Crippen LogP contribution in [0.15, 0.2) is 22.7 Å². The second-order valence-electron chi connectivity index (χ2n) is 3.19. The van der Waals surface area contributed by atoms with Crippen molar-refractivity contribution in [1.29, 1.82) is 0 Å². The van der Waals surface area contributed by atoms with Crippen molar-refractivity contribution >= 4 is 21.9 Å². The van der Waals surface area contributed by atoms with Crippen molar-refractivity contribution in [2.75, 3.05) is 7.11 Å². The Morgan fingerprint density at radius 2 is 2.13 bits per heavy atom. The van der Waals surface area contributed by atoms with Crippen molar-refractivity contribution < 1.29 is 14.3 Å². The molecule has 0 spiro atoms. The quantitative estimate of drug-likeness (QED) is 0.794. The van der Waals surface area contributed by atoms with Crippen LogP contribution in [0, 0.1) is 6.92 Å². The summed E-state index contributed by atoms with van der Waals surface area (Å²) in [6.07, 6.45) is -0.588. The molecule has 0 fully saturated rings. The Morgan fingerprint density at radius 1 is 1.47 bits per heavy atom. The van der Waals surface area contributed by atoms with Gasteiger partial charge in [-0.25, -0.2) is 4.79 Å². The molecule has 1 aromatic carbocycles. The van der Waals surface area contributed by atoms with Gasteiger partial charge in [0.25, 0.3) is 0 Å². The van der Waals surface area contributed by atoms with E-state index in [0.717, 1.165) is 10.0 Å². The molecule has 1 rings (SSSR count). The summed E-state index contributed by atoms with van der Waals surface area (Å²) < 4.78 is 11.0. The zero-order valence-corrected chi connectivity index (χ0v) is 10.5. The van der Waals surface area contributed by atoms with Crippen LogP contribution in [-0.2, 0) is 9.53 Å². The Morgan fingerprint density at radius 3 is 2.67 bits per heavy atom. The van der Waals surface area contributed by atoms with Gasteiger partial charge in [0.2, 0.25) is 0 Å². The average molecular weight is 273 g/mol. The SMILES string of the molecule is COC(=O)[C@H](C)Oc1ccc(Br)cc1C. The van der Waals surface area contributed by atoms with Gasteiger partial charge in [0.05, 0.1) is 7.11 Å². The lowest BCUT2D eigenvalue weighted by Gasteiger charge is -2.14.